The second-order valence-electron chi connectivity index (χ2n) is 14.1. The zero-order chi connectivity index (χ0) is 37.8. The van der Waals surface area contributed by atoms with Crippen molar-refractivity contribution in [1.29, 1.82) is 0 Å². The number of halogens is 3. The van der Waals surface area contributed by atoms with E-state index in [-0.39, 0.29) is 17.4 Å². The van der Waals surface area contributed by atoms with Crippen molar-refractivity contribution < 1.29 is 22.8 Å². The number of fused-ring (bicyclic) bond motifs is 1. The summed E-state index contributed by atoms with van der Waals surface area (Å²) >= 11 is 0. The van der Waals surface area contributed by atoms with Crippen molar-refractivity contribution in [3.8, 4) is 11.3 Å². The smallest absolute Gasteiger partial charge is 0.233 e. The molecule has 2 aromatic carbocycles. The Labute approximate surface area is 312 Å². The Bertz CT molecular complexity index is 2080. The van der Waals surface area contributed by atoms with E-state index in [4.69, 9.17) is 0 Å². The van der Waals surface area contributed by atoms with Crippen molar-refractivity contribution in [2.75, 3.05) is 62.6 Å². The maximum atomic E-state index is 15.6. The number of imide groups is 1. The van der Waals surface area contributed by atoms with Crippen LogP contribution in [-0.4, -0.2) is 105 Å². The van der Waals surface area contributed by atoms with Gasteiger partial charge in [-0.1, -0.05) is 25.5 Å². The molecule has 54 heavy (non-hydrogen) atoms. The average Bonchev–Trinajstić information content (AvgIpc) is 3.86. The molecule has 3 atom stereocenters. The third-order valence-corrected chi connectivity index (χ3v) is 10.6. The van der Waals surface area contributed by atoms with Gasteiger partial charge in [-0.25, -0.2) is 23.1 Å². The first kappa shape index (κ1) is 37.1. The molecule has 3 unspecified atom stereocenters. The van der Waals surface area contributed by atoms with Crippen LogP contribution in [0.4, 0.5) is 30.4 Å². The largest absolute Gasteiger partial charge is 0.369 e. The van der Waals surface area contributed by atoms with Crippen LogP contribution < -0.4 is 15.5 Å². The molecule has 2 N–H and O–H groups in total. The summed E-state index contributed by atoms with van der Waals surface area (Å²) in [6.45, 7) is 9.94. The first-order valence-electron chi connectivity index (χ1n) is 18.5. The van der Waals surface area contributed by atoms with Crippen molar-refractivity contribution >= 4 is 35.2 Å². The molecule has 284 valence electrons. The Morgan fingerprint density at radius 3 is 2.52 bits per heavy atom. The van der Waals surface area contributed by atoms with Gasteiger partial charge in [-0.2, -0.15) is 5.10 Å². The number of rotatable bonds is 13. The fourth-order valence-electron chi connectivity index (χ4n) is 7.56. The summed E-state index contributed by atoms with van der Waals surface area (Å²) in [5, 5.41) is 9.99. The summed E-state index contributed by atoms with van der Waals surface area (Å²) in [7, 11) is 0. The molecule has 15 heteroatoms. The lowest BCUT2D eigenvalue weighted by atomic mass is 9.93. The molecule has 0 bridgehead atoms. The Balaban J connectivity index is 0.889. The van der Waals surface area contributed by atoms with Crippen LogP contribution in [0, 0.1) is 18.6 Å². The van der Waals surface area contributed by atoms with Gasteiger partial charge in [-0.15, -0.1) is 0 Å². The van der Waals surface area contributed by atoms with E-state index in [0.717, 1.165) is 69.6 Å². The molecule has 5 heterocycles. The molecule has 2 aliphatic rings. The molecule has 2 amide bonds. The highest BCUT2D eigenvalue weighted by Crippen LogP contribution is 2.31. The molecule has 3 aromatic heterocycles. The summed E-state index contributed by atoms with van der Waals surface area (Å²) in [4.78, 5) is 39.0. The number of aromatic nitrogens is 5. The van der Waals surface area contributed by atoms with E-state index < -0.39 is 23.8 Å². The lowest BCUT2D eigenvalue weighted by Gasteiger charge is -2.39. The third-order valence-electron chi connectivity index (χ3n) is 10.6. The summed E-state index contributed by atoms with van der Waals surface area (Å²) in [6, 6.07) is 10.0. The summed E-state index contributed by atoms with van der Waals surface area (Å²) in [6.07, 6.45) is 9.68. The highest BCUT2D eigenvalue weighted by Gasteiger charge is 2.32. The predicted molar refractivity (Wildman–Crippen MR) is 201 cm³/mol. The van der Waals surface area contributed by atoms with E-state index in [1.807, 2.05) is 19.1 Å². The highest BCUT2D eigenvalue weighted by atomic mass is 19.1. The fourth-order valence-corrected chi connectivity index (χ4v) is 7.56. The van der Waals surface area contributed by atoms with E-state index in [9.17, 15) is 18.4 Å². The van der Waals surface area contributed by atoms with Gasteiger partial charge < -0.3 is 10.2 Å². The number of anilines is 3. The molecule has 0 spiro atoms. The fraction of sp³-hybridized carbons (Fsp3) is 0.410. The number of aryl methyl sites for hydroxylation is 1. The summed E-state index contributed by atoms with van der Waals surface area (Å²) < 4.78 is 47.6. The minimum absolute atomic E-state index is 0.216. The van der Waals surface area contributed by atoms with Crippen LogP contribution in [0.1, 0.15) is 49.3 Å². The standard InChI is InChI=1S/C39H45F3N10O2/c1-3-4-30(39(54)45-25-53)27-5-7-29(8-6-27)50-17-15-48(16-18-50)13-14-49-11-9-35(34(42)24-49)52-23-28(21-46-52)47-37-38-43-10-12-51(38)36(22-44-37)31-19-26(2)32(40)20-33(31)41/h5-8,10,12,19-23,25,30,34-35H,3-4,9,11,13-18,24H2,1-2H3,(H,44,47)(H,45,53,54). The predicted octanol–water partition coefficient (Wildman–Crippen LogP) is 5.49. The maximum absolute atomic E-state index is 15.6. The Hall–Kier alpha value is -5.28. The SMILES string of the molecule is CCCC(C(=O)NC=O)c1ccc(N2CCN(CCN3CCC(n4cc(Nc5ncc(-c6cc(C)c(F)cc6F)n6ccnc56)cn4)C(F)C3)CC2)cc1. The number of alkyl halides is 1. The molecule has 2 aliphatic heterocycles. The normalized spacial score (nSPS) is 18.9. The van der Waals surface area contributed by atoms with Crippen molar-refractivity contribution in [1.82, 2.24) is 39.3 Å². The number of hydrogen-bond acceptors (Lipinski definition) is 9. The number of benzene rings is 2. The number of carbonyl (C=O) groups excluding carboxylic acids is 2. The number of amides is 2. The Morgan fingerprint density at radius 1 is 1.00 bits per heavy atom. The lowest BCUT2D eigenvalue weighted by molar-refractivity contribution is -0.126. The van der Waals surface area contributed by atoms with Crippen molar-refractivity contribution in [3.63, 3.8) is 0 Å². The minimum Gasteiger partial charge on any atom is -0.369 e. The van der Waals surface area contributed by atoms with Gasteiger partial charge >= 0.3 is 0 Å². The van der Waals surface area contributed by atoms with Crippen LogP contribution >= 0.6 is 0 Å². The van der Waals surface area contributed by atoms with Gasteiger partial charge in [0.25, 0.3) is 0 Å². The molecule has 7 rings (SSSR count). The number of piperazine rings is 1. The van der Waals surface area contributed by atoms with Crippen LogP contribution in [0.5, 0.6) is 0 Å². The summed E-state index contributed by atoms with van der Waals surface area (Å²) in [5.41, 5.74) is 4.07. The van der Waals surface area contributed by atoms with E-state index in [0.29, 0.717) is 54.2 Å². The van der Waals surface area contributed by atoms with Gasteiger partial charge in [-0.05, 0) is 49.1 Å². The van der Waals surface area contributed by atoms with Gasteiger partial charge in [0.15, 0.2) is 11.5 Å². The van der Waals surface area contributed by atoms with Gasteiger partial charge in [0.05, 0.1) is 35.7 Å². The molecule has 12 nitrogen and oxygen atoms in total. The number of hydrogen-bond donors (Lipinski definition) is 2. The van der Waals surface area contributed by atoms with Gasteiger partial charge in [-0.3, -0.25) is 33.8 Å². The number of nitrogens with zero attached hydrogens (tertiary/aromatic N) is 8. The number of carbonyl (C=O) groups is 2. The number of nitrogens with one attached hydrogen (secondary N) is 2. The highest BCUT2D eigenvalue weighted by molar-refractivity contribution is 5.91. The molecule has 0 aliphatic carbocycles. The second-order valence-corrected chi connectivity index (χ2v) is 14.1. The van der Waals surface area contributed by atoms with Crippen molar-refractivity contribution in [3.05, 3.63) is 90.1 Å². The topological polar surface area (TPSA) is 116 Å². The minimum atomic E-state index is -1.08. The summed E-state index contributed by atoms with van der Waals surface area (Å²) in [5.74, 6) is -1.49. The number of likely N-dealkylation sites (tertiary alicyclic amines) is 1. The average molecular weight is 743 g/mol. The molecule has 2 saturated heterocycles. The van der Waals surface area contributed by atoms with Gasteiger partial charge in [0, 0.05) is 88.3 Å². The monoisotopic (exact) mass is 742 g/mol. The van der Waals surface area contributed by atoms with Crippen molar-refractivity contribution in [2.45, 2.75) is 51.2 Å². The number of piperidine rings is 1. The van der Waals surface area contributed by atoms with E-state index in [1.165, 1.54) is 12.3 Å². The Morgan fingerprint density at radius 2 is 1.78 bits per heavy atom. The van der Waals surface area contributed by atoms with Crippen LogP contribution in [0.15, 0.2) is 67.4 Å². The first-order chi connectivity index (χ1) is 26.2. The van der Waals surface area contributed by atoms with Crippen LogP contribution in [-0.2, 0) is 9.59 Å². The molecule has 0 saturated carbocycles. The Kier molecular flexibility index (Phi) is 11.2. The van der Waals surface area contributed by atoms with Crippen LogP contribution in [0.25, 0.3) is 16.9 Å². The molecule has 0 radical (unpaired) electrons. The molecule has 5 aromatic rings. The van der Waals surface area contributed by atoms with E-state index in [1.54, 1.807) is 40.8 Å². The van der Waals surface area contributed by atoms with Crippen LogP contribution in [0.2, 0.25) is 0 Å². The lowest BCUT2D eigenvalue weighted by Crippen LogP contribution is -2.50. The first-order valence-corrected chi connectivity index (χ1v) is 18.5. The zero-order valence-corrected chi connectivity index (χ0v) is 30.5. The molecule has 2 fully saturated rings. The second kappa shape index (κ2) is 16.4. The van der Waals surface area contributed by atoms with E-state index in [2.05, 4.69) is 52.5 Å². The van der Waals surface area contributed by atoms with E-state index >= 15 is 4.39 Å². The quantitative estimate of drug-likeness (QED) is 0.151. The maximum Gasteiger partial charge on any atom is 0.233 e. The number of imidazole rings is 1. The molecular formula is C39H45F3N10O2. The molecular weight excluding hydrogens is 697 g/mol. The zero-order valence-electron chi connectivity index (χ0n) is 30.5. The van der Waals surface area contributed by atoms with Crippen LogP contribution in [0.3, 0.4) is 0 Å². The van der Waals surface area contributed by atoms with Gasteiger partial charge in [0.2, 0.25) is 12.3 Å². The third kappa shape index (κ3) is 7.97. The van der Waals surface area contributed by atoms with Gasteiger partial charge in [0.1, 0.15) is 17.8 Å². The van der Waals surface area contributed by atoms with Crippen molar-refractivity contribution in [2.24, 2.45) is 0 Å².